The summed E-state index contributed by atoms with van der Waals surface area (Å²) in [6, 6.07) is 9.19. The fourth-order valence-electron chi connectivity index (χ4n) is 7.57. The van der Waals surface area contributed by atoms with Gasteiger partial charge in [-0.15, -0.1) is 0 Å². The fourth-order valence-corrected chi connectivity index (χ4v) is 7.57. The summed E-state index contributed by atoms with van der Waals surface area (Å²) in [7, 11) is 0. The van der Waals surface area contributed by atoms with Crippen LogP contribution in [0.15, 0.2) is 47.6 Å². The van der Waals surface area contributed by atoms with E-state index in [4.69, 9.17) is 0 Å². The standard InChI is InChI=1S/C45H68N2.Ni/c1-9-12-15-16-17-18-19-20-21-22-23-24-25-26-29-43-38(8)44(39-30-34(4)41(27-13-10-2)35(5)31-39)47(46)45(43)40-32-36(6)42(28-14-11-3)37(7)33-40;/h26,29-33H,9-25,27-28H2,1-8H3;. The van der Waals surface area contributed by atoms with Crippen LogP contribution in [0, 0.1) is 27.7 Å². The molecule has 0 radical (unpaired) electrons. The molecule has 2 aromatic rings. The summed E-state index contributed by atoms with van der Waals surface area (Å²) in [4.78, 5) is 0. The van der Waals surface area contributed by atoms with Crippen molar-refractivity contribution < 1.29 is 21.2 Å². The maximum absolute atomic E-state index is 12.0. The number of unbranched alkanes of at least 4 members (excludes halogenated alkanes) is 14. The van der Waals surface area contributed by atoms with Crippen molar-refractivity contribution >= 4 is 11.4 Å². The Bertz CT molecular complexity index is 1360. The molecule has 48 heavy (non-hydrogen) atoms. The predicted octanol–water partition coefficient (Wildman–Crippen LogP) is 14.4. The molecule has 2 nitrogen and oxygen atoms in total. The second-order valence-electron chi connectivity index (χ2n) is 14.5. The molecule has 0 fully saturated rings. The first-order chi connectivity index (χ1) is 22.7. The molecule has 0 saturated carbocycles. The maximum Gasteiger partial charge on any atom is 0.215 e. The summed E-state index contributed by atoms with van der Waals surface area (Å²) in [6.45, 7) is 18.0. The molecule has 2 aromatic carbocycles. The SMILES string of the molecule is CCCCCCCCCCCCCCC=CC1=C(c2cc(C)c(CCCC)c(C)c2)[N+](=[N-])C(c2cc(C)c(CCCC)c(C)c2)=C1C.[Ni]. The van der Waals surface area contributed by atoms with Crippen molar-refractivity contribution in [3.8, 4) is 0 Å². The average Bonchev–Trinajstić information content (AvgIpc) is 3.28. The van der Waals surface area contributed by atoms with Gasteiger partial charge in [0.1, 0.15) is 0 Å². The Kier molecular flexibility index (Phi) is 19.6. The Morgan fingerprint density at radius 3 is 1.31 bits per heavy atom. The first-order valence-electron chi connectivity index (χ1n) is 19.6. The Hall–Kier alpha value is -2.25. The molecule has 0 N–H and O–H groups in total. The van der Waals surface area contributed by atoms with E-state index in [1.807, 2.05) is 0 Å². The smallest absolute Gasteiger partial charge is 0.215 e. The van der Waals surface area contributed by atoms with Crippen molar-refractivity contribution in [2.45, 2.75) is 177 Å². The van der Waals surface area contributed by atoms with Crippen molar-refractivity contribution in [1.82, 2.24) is 0 Å². The van der Waals surface area contributed by atoms with E-state index in [-0.39, 0.29) is 16.5 Å². The van der Waals surface area contributed by atoms with E-state index in [0.29, 0.717) is 0 Å². The number of hydrogen-bond donors (Lipinski definition) is 0. The number of allylic oxidation sites excluding steroid dienone is 4. The van der Waals surface area contributed by atoms with Gasteiger partial charge in [-0.2, -0.15) is 0 Å². The number of nitrogens with zero attached hydrogens (tertiary/aromatic N) is 2. The predicted molar refractivity (Wildman–Crippen MR) is 207 cm³/mol. The van der Waals surface area contributed by atoms with Crippen LogP contribution in [-0.2, 0) is 29.3 Å². The maximum atomic E-state index is 12.0. The van der Waals surface area contributed by atoms with Gasteiger partial charge >= 0.3 is 0 Å². The Balaban J connectivity index is 0.00000800. The van der Waals surface area contributed by atoms with Crippen LogP contribution < -0.4 is 0 Å². The Labute approximate surface area is 306 Å². The summed E-state index contributed by atoms with van der Waals surface area (Å²) in [5, 5.41) is 0. The fraction of sp³-hybridized carbons (Fsp3) is 0.600. The molecule has 0 aromatic heterocycles. The third-order valence-corrected chi connectivity index (χ3v) is 10.4. The van der Waals surface area contributed by atoms with Crippen molar-refractivity contribution in [3.63, 3.8) is 0 Å². The van der Waals surface area contributed by atoms with Gasteiger partial charge in [-0.3, -0.25) is 0 Å². The molecular weight excluding hydrogens is 627 g/mol. The van der Waals surface area contributed by atoms with Crippen LogP contribution in [0.1, 0.15) is 181 Å². The van der Waals surface area contributed by atoms with Gasteiger partial charge in [-0.05, 0) is 131 Å². The van der Waals surface area contributed by atoms with Gasteiger partial charge in [0.2, 0.25) is 11.4 Å². The van der Waals surface area contributed by atoms with Crippen LogP contribution in [-0.4, -0.2) is 4.70 Å². The summed E-state index contributed by atoms with van der Waals surface area (Å²) in [5.41, 5.74) is 26.6. The van der Waals surface area contributed by atoms with Crippen LogP contribution in [0.4, 0.5) is 0 Å². The van der Waals surface area contributed by atoms with E-state index >= 15 is 0 Å². The number of rotatable bonds is 22. The van der Waals surface area contributed by atoms with E-state index in [0.717, 1.165) is 52.9 Å². The van der Waals surface area contributed by atoms with Gasteiger partial charge < -0.3 is 5.53 Å². The van der Waals surface area contributed by atoms with Gasteiger partial charge in [0, 0.05) is 33.2 Å². The number of hydrogen-bond acceptors (Lipinski definition) is 0. The van der Waals surface area contributed by atoms with Crippen molar-refractivity contribution in [1.29, 1.82) is 0 Å². The molecule has 0 atom stereocenters. The van der Waals surface area contributed by atoms with Gasteiger partial charge in [0.05, 0.1) is 5.57 Å². The van der Waals surface area contributed by atoms with Gasteiger partial charge in [-0.1, -0.05) is 116 Å². The molecule has 3 heteroatoms. The first-order valence-corrected chi connectivity index (χ1v) is 19.6. The summed E-state index contributed by atoms with van der Waals surface area (Å²) >= 11 is 0. The van der Waals surface area contributed by atoms with Crippen molar-refractivity contribution in [3.05, 3.63) is 97.6 Å². The molecule has 1 aliphatic rings. The van der Waals surface area contributed by atoms with Crippen LogP contribution in [0.3, 0.4) is 0 Å². The van der Waals surface area contributed by atoms with Crippen LogP contribution >= 0.6 is 0 Å². The van der Waals surface area contributed by atoms with Gasteiger partial charge in [-0.25, -0.2) is 4.70 Å². The third kappa shape index (κ3) is 12.0. The largest absolute Gasteiger partial charge is 0.493 e. The second kappa shape index (κ2) is 22.5. The van der Waals surface area contributed by atoms with E-state index in [9.17, 15) is 5.53 Å². The summed E-state index contributed by atoms with van der Waals surface area (Å²) < 4.78 is 1.50. The van der Waals surface area contributed by atoms with Gasteiger partial charge in [0.25, 0.3) is 0 Å². The average molecular weight is 696 g/mol. The molecule has 0 spiro atoms. The quantitative estimate of drug-likeness (QED) is 0.0666. The van der Waals surface area contributed by atoms with Gasteiger partial charge in [0.15, 0.2) is 0 Å². The van der Waals surface area contributed by atoms with Crippen molar-refractivity contribution in [2.24, 2.45) is 0 Å². The van der Waals surface area contributed by atoms with Crippen LogP contribution in [0.25, 0.3) is 16.9 Å². The zero-order valence-electron chi connectivity index (χ0n) is 32.1. The van der Waals surface area contributed by atoms with Crippen LogP contribution in [0.2, 0.25) is 0 Å². The second-order valence-corrected chi connectivity index (χ2v) is 14.5. The molecule has 0 saturated heterocycles. The normalized spacial score (nSPS) is 13.4. The van der Waals surface area contributed by atoms with Crippen LogP contribution in [0.5, 0.6) is 0 Å². The Morgan fingerprint density at radius 2 is 0.896 bits per heavy atom. The molecule has 1 heterocycles. The molecule has 0 aliphatic carbocycles. The van der Waals surface area contributed by atoms with E-state index in [2.05, 4.69) is 91.8 Å². The minimum atomic E-state index is 0. The molecule has 3 rings (SSSR count). The summed E-state index contributed by atoms with van der Waals surface area (Å²) in [5.74, 6) is 0. The number of aryl methyl sites for hydroxylation is 4. The Morgan fingerprint density at radius 1 is 0.521 bits per heavy atom. The van der Waals surface area contributed by atoms with E-state index < -0.39 is 0 Å². The summed E-state index contributed by atoms with van der Waals surface area (Å²) in [6.07, 6.45) is 29.3. The zero-order valence-corrected chi connectivity index (χ0v) is 33.1. The topological polar surface area (TPSA) is 25.3 Å². The first kappa shape index (κ1) is 41.9. The zero-order chi connectivity index (χ0) is 34.2. The molecular formula is C45H68N2Ni. The minimum absolute atomic E-state index is 0. The van der Waals surface area contributed by atoms with Crippen molar-refractivity contribution in [2.75, 3.05) is 0 Å². The molecule has 0 bridgehead atoms. The monoisotopic (exact) mass is 694 g/mol. The molecule has 0 amide bonds. The minimum Gasteiger partial charge on any atom is -0.493 e. The molecule has 1 aliphatic heterocycles. The molecule has 268 valence electrons. The number of benzene rings is 2. The third-order valence-electron chi connectivity index (χ3n) is 10.4. The van der Waals surface area contributed by atoms with E-state index in [1.165, 1.54) is 141 Å². The molecule has 0 unspecified atom stereocenters. The van der Waals surface area contributed by atoms with E-state index in [1.54, 1.807) is 0 Å².